The fourth-order valence-corrected chi connectivity index (χ4v) is 4.88. The molecule has 1 heterocycles. The van der Waals surface area contributed by atoms with Crippen LogP contribution < -0.4 is 0 Å². The standard InChI is InChI=1S/C27H31F6N3O3/c1-25(2,18-12-19(26(28,29)30)14-20(13-18)27(31,32)33)23(38)35(4)22-16-36(24(39)34(3)10-11-37)15-21(22)17-8-6-5-7-9-17/h5-9,12-14,21-22,37H,10-11,15-16H2,1-4H3. The number of urea groups is 1. The van der Waals surface area contributed by atoms with Crippen LogP contribution in [0, 0.1) is 0 Å². The maximum atomic E-state index is 13.8. The summed E-state index contributed by atoms with van der Waals surface area (Å²) in [6.45, 7) is 2.73. The SMILES string of the molecule is CN(CCO)C(=O)N1CC(c2ccccc2)C(N(C)C(=O)C(C)(C)c2cc(C(F)(F)F)cc(C(F)(F)F)c2)C1. The van der Waals surface area contributed by atoms with Crippen LogP contribution in [0.15, 0.2) is 48.5 Å². The van der Waals surface area contributed by atoms with Crippen LogP contribution in [0.5, 0.6) is 0 Å². The lowest BCUT2D eigenvalue weighted by atomic mass is 9.80. The smallest absolute Gasteiger partial charge is 0.395 e. The van der Waals surface area contributed by atoms with Crippen LogP contribution in [0.4, 0.5) is 31.1 Å². The number of aliphatic hydroxyl groups is 1. The number of likely N-dealkylation sites (N-methyl/N-ethyl adjacent to an activating group) is 2. The number of nitrogens with zero attached hydrogens (tertiary/aromatic N) is 3. The van der Waals surface area contributed by atoms with Crippen LogP contribution in [0.25, 0.3) is 0 Å². The van der Waals surface area contributed by atoms with Gasteiger partial charge >= 0.3 is 18.4 Å². The maximum Gasteiger partial charge on any atom is 0.416 e. The second kappa shape index (κ2) is 11.1. The van der Waals surface area contributed by atoms with Crippen LogP contribution in [0.1, 0.15) is 42.0 Å². The number of benzene rings is 2. The topological polar surface area (TPSA) is 64.1 Å². The first-order valence-corrected chi connectivity index (χ1v) is 12.2. The van der Waals surface area contributed by atoms with Crippen LogP contribution in [0.3, 0.4) is 0 Å². The quantitative estimate of drug-likeness (QED) is 0.509. The fraction of sp³-hybridized carbons (Fsp3) is 0.481. The van der Waals surface area contributed by atoms with Crippen molar-refractivity contribution in [1.29, 1.82) is 0 Å². The maximum absolute atomic E-state index is 13.8. The first-order valence-electron chi connectivity index (χ1n) is 12.2. The van der Waals surface area contributed by atoms with Gasteiger partial charge in [-0.15, -0.1) is 0 Å². The number of halogens is 6. The van der Waals surface area contributed by atoms with Crippen molar-refractivity contribution in [3.05, 3.63) is 70.8 Å². The zero-order valence-electron chi connectivity index (χ0n) is 22.0. The van der Waals surface area contributed by atoms with E-state index < -0.39 is 46.4 Å². The van der Waals surface area contributed by atoms with E-state index in [-0.39, 0.29) is 44.3 Å². The summed E-state index contributed by atoms with van der Waals surface area (Å²) in [5.74, 6) is -1.06. The first-order chi connectivity index (χ1) is 18.0. The molecule has 2 atom stereocenters. The molecule has 6 nitrogen and oxygen atoms in total. The van der Waals surface area contributed by atoms with E-state index in [0.717, 1.165) is 5.56 Å². The van der Waals surface area contributed by atoms with Gasteiger partial charge in [0.1, 0.15) is 0 Å². The molecule has 0 aromatic heterocycles. The third-order valence-corrected chi connectivity index (χ3v) is 7.21. The van der Waals surface area contributed by atoms with E-state index in [2.05, 4.69) is 0 Å². The van der Waals surface area contributed by atoms with Gasteiger partial charge in [-0.3, -0.25) is 4.79 Å². The Hall–Kier alpha value is -3.28. The van der Waals surface area contributed by atoms with Gasteiger partial charge in [0, 0.05) is 39.6 Å². The molecule has 1 N–H and O–H groups in total. The summed E-state index contributed by atoms with van der Waals surface area (Å²) in [7, 11) is 2.96. The lowest BCUT2D eigenvalue weighted by Gasteiger charge is -2.36. The van der Waals surface area contributed by atoms with Crippen LogP contribution in [0.2, 0.25) is 0 Å². The van der Waals surface area contributed by atoms with E-state index in [4.69, 9.17) is 0 Å². The van der Waals surface area contributed by atoms with Crippen molar-refractivity contribution < 1.29 is 41.0 Å². The van der Waals surface area contributed by atoms with Crippen molar-refractivity contribution in [3.63, 3.8) is 0 Å². The zero-order valence-corrected chi connectivity index (χ0v) is 22.0. The second-order valence-corrected chi connectivity index (χ2v) is 10.3. The van der Waals surface area contributed by atoms with E-state index >= 15 is 0 Å². The van der Waals surface area contributed by atoms with E-state index in [1.165, 1.54) is 42.6 Å². The Morgan fingerprint density at radius 2 is 1.41 bits per heavy atom. The third-order valence-electron chi connectivity index (χ3n) is 7.21. The predicted molar refractivity (Wildman–Crippen MR) is 132 cm³/mol. The molecule has 2 aromatic carbocycles. The Bertz CT molecular complexity index is 1150. The minimum Gasteiger partial charge on any atom is -0.395 e. The number of carbonyl (C=O) groups excluding carboxylic acids is 2. The van der Waals surface area contributed by atoms with Crippen molar-refractivity contribution in [3.8, 4) is 0 Å². The summed E-state index contributed by atoms with van der Waals surface area (Å²) in [5, 5.41) is 9.20. The number of alkyl halides is 6. The molecular weight excluding hydrogens is 528 g/mol. The van der Waals surface area contributed by atoms with Gasteiger partial charge in [0.25, 0.3) is 0 Å². The van der Waals surface area contributed by atoms with Gasteiger partial charge in [0.15, 0.2) is 0 Å². The first kappa shape index (κ1) is 30.3. The monoisotopic (exact) mass is 559 g/mol. The zero-order chi connectivity index (χ0) is 29.3. The molecule has 1 saturated heterocycles. The third kappa shape index (κ3) is 6.48. The molecule has 0 bridgehead atoms. The summed E-state index contributed by atoms with van der Waals surface area (Å²) < 4.78 is 80.9. The van der Waals surface area contributed by atoms with Crippen molar-refractivity contribution in [2.75, 3.05) is 40.3 Å². The molecule has 0 aliphatic carbocycles. The molecule has 3 amide bonds. The minimum atomic E-state index is -5.05. The van der Waals surface area contributed by atoms with Gasteiger partial charge in [-0.05, 0) is 43.2 Å². The number of rotatable bonds is 6. The molecular formula is C27H31F6N3O3. The van der Waals surface area contributed by atoms with Gasteiger partial charge < -0.3 is 19.8 Å². The highest BCUT2D eigenvalue weighted by molar-refractivity contribution is 5.88. The second-order valence-electron chi connectivity index (χ2n) is 10.3. The van der Waals surface area contributed by atoms with E-state index in [1.807, 2.05) is 12.1 Å². The average Bonchev–Trinajstić information content (AvgIpc) is 3.32. The van der Waals surface area contributed by atoms with Crippen molar-refractivity contribution >= 4 is 11.9 Å². The highest BCUT2D eigenvalue weighted by Gasteiger charge is 2.45. The number of likely N-dealkylation sites (tertiary alicyclic amines) is 1. The Labute approximate surface area is 222 Å². The number of hydrogen-bond donors (Lipinski definition) is 1. The number of amides is 3. The predicted octanol–water partition coefficient (Wildman–Crippen LogP) is 4.97. The Morgan fingerprint density at radius 3 is 1.90 bits per heavy atom. The molecule has 0 radical (unpaired) electrons. The normalized spacial score (nSPS) is 18.3. The summed E-state index contributed by atoms with van der Waals surface area (Å²) in [6.07, 6.45) is -10.1. The molecule has 1 aliphatic heterocycles. The number of hydrogen-bond acceptors (Lipinski definition) is 3. The Kier molecular flexibility index (Phi) is 8.59. The lowest BCUT2D eigenvalue weighted by molar-refractivity contribution is -0.144. The summed E-state index contributed by atoms with van der Waals surface area (Å²) in [4.78, 5) is 30.9. The van der Waals surface area contributed by atoms with Crippen LogP contribution in [-0.2, 0) is 22.6 Å². The molecule has 12 heteroatoms. The molecule has 214 valence electrons. The van der Waals surface area contributed by atoms with E-state index in [9.17, 15) is 41.0 Å². The molecule has 39 heavy (non-hydrogen) atoms. The van der Waals surface area contributed by atoms with E-state index in [1.54, 1.807) is 18.2 Å². The molecule has 2 unspecified atom stereocenters. The minimum absolute atomic E-state index is 0.0303. The molecule has 3 rings (SSSR count). The fourth-order valence-electron chi connectivity index (χ4n) is 4.88. The van der Waals surface area contributed by atoms with Gasteiger partial charge in [0.05, 0.1) is 29.2 Å². The summed E-state index contributed by atoms with van der Waals surface area (Å²) in [5.41, 5.74) is -4.36. The van der Waals surface area contributed by atoms with E-state index in [0.29, 0.717) is 12.1 Å². The largest absolute Gasteiger partial charge is 0.416 e. The molecule has 1 aliphatic rings. The van der Waals surface area contributed by atoms with Gasteiger partial charge in [-0.2, -0.15) is 26.3 Å². The highest BCUT2D eigenvalue weighted by atomic mass is 19.4. The van der Waals surface area contributed by atoms with Crippen molar-refractivity contribution in [2.45, 2.75) is 43.6 Å². The van der Waals surface area contributed by atoms with Crippen LogP contribution in [-0.4, -0.2) is 78.1 Å². The average molecular weight is 560 g/mol. The van der Waals surface area contributed by atoms with Gasteiger partial charge in [0.2, 0.25) is 5.91 Å². The number of aliphatic hydroxyl groups excluding tert-OH is 1. The molecule has 0 saturated carbocycles. The lowest BCUT2D eigenvalue weighted by Crippen LogP contribution is -2.49. The van der Waals surface area contributed by atoms with Crippen molar-refractivity contribution in [1.82, 2.24) is 14.7 Å². The molecule has 0 spiro atoms. The van der Waals surface area contributed by atoms with Crippen molar-refractivity contribution in [2.24, 2.45) is 0 Å². The van der Waals surface area contributed by atoms with Gasteiger partial charge in [-0.1, -0.05) is 30.3 Å². The van der Waals surface area contributed by atoms with Gasteiger partial charge in [-0.25, -0.2) is 4.79 Å². The summed E-state index contributed by atoms with van der Waals surface area (Å²) >= 11 is 0. The van der Waals surface area contributed by atoms with Crippen LogP contribution >= 0.6 is 0 Å². The summed E-state index contributed by atoms with van der Waals surface area (Å²) in [6, 6.07) is 9.23. The molecule has 2 aromatic rings. The Balaban J connectivity index is 2.00. The highest BCUT2D eigenvalue weighted by Crippen LogP contribution is 2.40. The Morgan fingerprint density at radius 1 is 0.897 bits per heavy atom. The number of carbonyl (C=O) groups is 2. The molecule has 1 fully saturated rings.